The van der Waals surface area contributed by atoms with Gasteiger partial charge in [0.15, 0.2) is 0 Å². The average Bonchev–Trinajstić information content (AvgIpc) is 3.36. The summed E-state index contributed by atoms with van der Waals surface area (Å²) in [5, 5.41) is 18.2. The van der Waals surface area contributed by atoms with Gasteiger partial charge in [0, 0.05) is 35.4 Å². The second kappa shape index (κ2) is 11.4. The van der Waals surface area contributed by atoms with Crippen molar-refractivity contribution < 1.29 is 63.4 Å². The van der Waals surface area contributed by atoms with Gasteiger partial charge in [-0.15, -0.1) is 0 Å². The largest absolute Gasteiger partial charge is 1.00 e. The second-order valence-electron chi connectivity index (χ2n) is 9.23. The molecule has 0 bridgehead atoms. The van der Waals surface area contributed by atoms with Crippen molar-refractivity contribution in [2.24, 2.45) is 11.8 Å². The normalized spacial score (nSPS) is 20.5. The monoisotopic (exact) mass is 588 g/mol. The van der Waals surface area contributed by atoms with E-state index in [0.717, 1.165) is 0 Å². The van der Waals surface area contributed by atoms with Crippen molar-refractivity contribution in [2.45, 2.75) is 18.6 Å². The number of rotatable bonds is 5. The summed E-state index contributed by atoms with van der Waals surface area (Å²) < 4.78 is 6.08. The molecule has 3 aromatic carbocycles. The van der Waals surface area contributed by atoms with Crippen molar-refractivity contribution in [3.8, 4) is 0 Å². The van der Waals surface area contributed by atoms with Crippen LogP contribution in [0.3, 0.4) is 0 Å². The number of benzene rings is 3. The molecule has 1 spiro atoms. The maximum atomic E-state index is 13.8. The Morgan fingerprint density at radius 2 is 1.45 bits per heavy atom. The summed E-state index contributed by atoms with van der Waals surface area (Å²) >= 11 is 12.3. The molecule has 40 heavy (non-hydrogen) atoms. The van der Waals surface area contributed by atoms with E-state index >= 15 is 0 Å². The standard InChI is InChI=1S/C28H20Cl2N2O7.Na/c1-13(33)31-15-5-4-6-16(12-15)32-26(36)21-22(27(37)38)28(24(34)17-7-2-3-8-18(17)25(28)35)39-23(21)14-9-10-19(29)20(30)11-14;/h2-12,21-23H,1H3,(H,31,33)(H,32,36)(H,37,38);/q;+1/p-1/t21-,22-,23-;/m0./s1. The molecule has 0 unspecified atom stereocenters. The van der Waals surface area contributed by atoms with E-state index in [1.54, 1.807) is 12.1 Å². The first-order valence-electron chi connectivity index (χ1n) is 11.8. The number of Topliss-reactive ketones (excluding diaryl/α,β-unsaturated/α-hetero) is 2. The summed E-state index contributed by atoms with van der Waals surface area (Å²) in [5.74, 6) is -8.32. The zero-order chi connectivity index (χ0) is 28.1. The molecule has 0 saturated carbocycles. The van der Waals surface area contributed by atoms with Crippen LogP contribution in [0.5, 0.6) is 0 Å². The number of nitrogens with one attached hydrogen (secondary N) is 2. The molecule has 198 valence electrons. The van der Waals surface area contributed by atoms with Gasteiger partial charge in [0.2, 0.25) is 29.0 Å². The molecular weight excluding hydrogens is 570 g/mol. The Bertz CT molecular complexity index is 1540. The number of ether oxygens (including phenoxy) is 1. The molecule has 2 N–H and O–H groups in total. The quantitative estimate of drug-likeness (QED) is 0.326. The number of aliphatic carboxylic acids is 1. The predicted octanol–water partition coefficient (Wildman–Crippen LogP) is 0.466. The Morgan fingerprint density at radius 3 is 2.00 bits per heavy atom. The maximum absolute atomic E-state index is 13.8. The number of carbonyl (C=O) groups excluding carboxylic acids is 5. The summed E-state index contributed by atoms with van der Waals surface area (Å²) in [7, 11) is 0. The minimum Gasteiger partial charge on any atom is -0.550 e. The Labute approximate surface area is 260 Å². The first kappa shape index (κ1) is 29.9. The van der Waals surface area contributed by atoms with Crippen molar-refractivity contribution in [1.29, 1.82) is 0 Å². The van der Waals surface area contributed by atoms with Crippen LogP contribution < -0.4 is 45.3 Å². The summed E-state index contributed by atoms with van der Waals surface area (Å²) in [6, 6.07) is 16.3. The number of halogens is 2. The molecule has 5 rings (SSSR count). The minimum absolute atomic E-state index is 0. The van der Waals surface area contributed by atoms with E-state index in [1.165, 1.54) is 61.5 Å². The number of anilines is 2. The van der Waals surface area contributed by atoms with Gasteiger partial charge in [0.05, 0.1) is 28.0 Å². The number of carboxylic acid groups (broad SMARTS) is 1. The zero-order valence-electron chi connectivity index (χ0n) is 21.2. The van der Waals surface area contributed by atoms with Crippen LogP contribution in [0.1, 0.15) is 39.3 Å². The number of carboxylic acids is 1. The summed E-state index contributed by atoms with van der Waals surface area (Å²) in [5.41, 5.74) is -1.70. The van der Waals surface area contributed by atoms with Gasteiger partial charge >= 0.3 is 29.6 Å². The first-order valence-corrected chi connectivity index (χ1v) is 12.5. The fourth-order valence-corrected chi connectivity index (χ4v) is 5.52. The Hall–Kier alpha value is -3.05. The first-order chi connectivity index (χ1) is 18.5. The van der Waals surface area contributed by atoms with Crippen molar-refractivity contribution in [1.82, 2.24) is 0 Å². The molecule has 0 radical (unpaired) electrons. The number of fused-ring (bicyclic) bond motifs is 1. The van der Waals surface area contributed by atoms with Crippen LogP contribution in [0, 0.1) is 11.8 Å². The van der Waals surface area contributed by atoms with Gasteiger partial charge in [0.1, 0.15) is 0 Å². The van der Waals surface area contributed by atoms with E-state index in [0.29, 0.717) is 5.69 Å². The van der Waals surface area contributed by atoms with Crippen molar-refractivity contribution in [3.05, 3.63) is 93.5 Å². The van der Waals surface area contributed by atoms with Crippen LogP contribution in [0.4, 0.5) is 11.4 Å². The molecule has 3 aromatic rings. The Kier molecular flexibility index (Phi) is 8.56. The molecule has 1 aliphatic heterocycles. The van der Waals surface area contributed by atoms with Crippen LogP contribution in [-0.4, -0.2) is 35.0 Å². The van der Waals surface area contributed by atoms with Crippen LogP contribution in [0.25, 0.3) is 0 Å². The van der Waals surface area contributed by atoms with Crippen molar-refractivity contribution in [3.63, 3.8) is 0 Å². The van der Waals surface area contributed by atoms with E-state index in [4.69, 9.17) is 27.9 Å². The fourth-order valence-electron chi connectivity index (χ4n) is 5.22. The molecule has 1 aliphatic carbocycles. The van der Waals surface area contributed by atoms with Gasteiger partial charge < -0.3 is 25.3 Å². The SMILES string of the molecule is CC(=O)Nc1cccc(NC(=O)[C@H]2[C@@H](C(=O)[O-])C3(O[C@H]2c2ccc(Cl)c(Cl)c2)C(=O)c2ccccc2C3=O)c1.[Na+]. The third-order valence-electron chi connectivity index (χ3n) is 6.81. The van der Waals surface area contributed by atoms with Crippen LogP contribution >= 0.6 is 23.2 Å². The Morgan fingerprint density at radius 1 is 0.850 bits per heavy atom. The minimum atomic E-state index is -2.53. The van der Waals surface area contributed by atoms with Crippen molar-refractivity contribution >= 4 is 63.9 Å². The van der Waals surface area contributed by atoms with Crippen LogP contribution in [0.2, 0.25) is 10.0 Å². The molecule has 0 aromatic heterocycles. The Balaban J connectivity index is 0.00000370. The van der Waals surface area contributed by atoms with Gasteiger partial charge in [-0.2, -0.15) is 0 Å². The van der Waals surface area contributed by atoms with E-state index < -0.39 is 47.0 Å². The topological polar surface area (TPSA) is 142 Å². The van der Waals surface area contributed by atoms with E-state index in [1.807, 2.05) is 0 Å². The average molecular weight is 589 g/mol. The van der Waals surface area contributed by atoms with Gasteiger partial charge in [-0.1, -0.05) is 59.6 Å². The van der Waals surface area contributed by atoms with E-state index in [2.05, 4.69) is 10.6 Å². The van der Waals surface area contributed by atoms with Gasteiger partial charge in [0.25, 0.3) is 0 Å². The van der Waals surface area contributed by atoms with Crippen LogP contribution in [-0.2, 0) is 19.1 Å². The zero-order valence-corrected chi connectivity index (χ0v) is 24.7. The number of hydrogen-bond donors (Lipinski definition) is 2. The molecule has 2 aliphatic rings. The maximum Gasteiger partial charge on any atom is 1.00 e. The number of ketones is 2. The molecule has 3 atom stereocenters. The number of hydrogen-bond acceptors (Lipinski definition) is 7. The molecule has 2 amide bonds. The van der Waals surface area contributed by atoms with Crippen molar-refractivity contribution in [2.75, 3.05) is 10.6 Å². The summed E-state index contributed by atoms with van der Waals surface area (Å²) in [4.78, 5) is 65.2. The van der Waals surface area contributed by atoms with Gasteiger partial charge in [-0.25, -0.2) is 0 Å². The van der Waals surface area contributed by atoms with Gasteiger partial charge in [-0.05, 0) is 35.9 Å². The third kappa shape index (κ3) is 4.98. The second-order valence-corrected chi connectivity index (χ2v) is 10.0. The van der Waals surface area contributed by atoms with E-state index in [-0.39, 0.29) is 67.9 Å². The van der Waals surface area contributed by atoms with E-state index in [9.17, 15) is 29.1 Å². The summed E-state index contributed by atoms with van der Waals surface area (Å²) in [6.07, 6.45) is -1.39. The number of carbonyl (C=O) groups is 5. The molecule has 12 heteroatoms. The molecule has 1 saturated heterocycles. The number of amides is 2. The third-order valence-corrected chi connectivity index (χ3v) is 7.55. The van der Waals surface area contributed by atoms with Gasteiger partial charge in [-0.3, -0.25) is 19.2 Å². The predicted molar refractivity (Wildman–Crippen MR) is 139 cm³/mol. The fraction of sp³-hybridized carbons (Fsp3) is 0.179. The smallest absolute Gasteiger partial charge is 0.550 e. The molecular formula is C28H19Cl2N2NaO7. The van der Waals surface area contributed by atoms with Crippen LogP contribution in [0.15, 0.2) is 66.7 Å². The molecule has 1 fully saturated rings. The molecule has 1 heterocycles. The molecule has 9 nitrogen and oxygen atoms in total. The summed E-state index contributed by atoms with van der Waals surface area (Å²) in [6.45, 7) is 1.32.